The Morgan fingerprint density at radius 1 is 1.31 bits per heavy atom. The van der Waals surface area contributed by atoms with Gasteiger partial charge in [0.1, 0.15) is 5.82 Å². The molecule has 1 fully saturated rings. The van der Waals surface area contributed by atoms with E-state index in [1.165, 1.54) is 18.9 Å². The first-order valence-electron chi connectivity index (χ1n) is 5.86. The van der Waals surface area contributed by atoms with Crippen molar-refractivity contribution in [3.63, 3.8) is 0 Å². The van der Waals surface area contributed by atoms with Crippen LogP contribution in [0.25, 0.3) is 0 Å². The lowest BCUT2D eigenvalue weighted by atomic mass is 9.81. The van der Waals surface area contributed by atoms with Gasteiger partial charge in [-0.25, -0.2) is 4.39 Å². The molecule has 0 saturated heterocycles. The van der Waals surface area contributed by atoms with Gasteiger partial charge in [0, 0.05) is 10.5 Å². The van der Waals surface area contributed by atoms with Crippen LogP contribution in [0.3, 0.4) is 0 Å². The Morgan fingerprint density at radius 3 is 2.75 bits per heavy atom. The lowest BCUT2D eigenvalue weighted by Crippen LogP contribution is -2.34. The van der Waals surface area contributed by atoms with E-state index in [4.69, 9.17) is 5.73 Å². The monoisotopic (exact) mass is 285 g/mol. The van der Waals surface area contributed by atoms with Crippen molar-refractivity contribution >= 4 is 15.9 Å². The molecular formula is C13H17BrFN. The third-order valence-electron chi connectivity index (χ3n) is 3.47. The van der Waals surface area contributed by atoms with E-state index < -0.39 is 0 Å². The summed E-state index contributed by atoms with van der Waals surface area (Å²) in [7, 11) is 0. The average molecular weight is 286 g/mol. The van der Waals surface area contributed by atoms with Crippen LogP contribution >= 0.6 is 15.9 Å². The van der Waals surface area contributed by atoms with E-state index in [2.05, 4.69) is 15.9 Å². The molecule has 2 atom stereocenters. The molecule has 1 nitrogen and oxygen atoms in total. The van der Waals surface area contributed by atoms with E-state index in [9.17, 15) is 4.39 Å². The van der Waals surface area contributed by atoms with Gasteiger partial charge < -0.3 is 5.73 Å². The van der Waals surface area contributed by atoms with Crippen LogP contribution in [0, 0.1) is 11.7 Å². The van der Waals surface area contributed by atoms with Crippen LogP contribution in [0.4, 0.5) is 4.39 Å². The minimum Gasteiger partial charge on any atom is -0.327 e. The Kier molecular flexibility index (Phi) is 3.98. The highest BCUT2D eigenvalue weighted by Crippen LogP contribution is 2.27. The van der Waals surface area contributed by atoms with Crippen molar-refractivity contribution < 1.29 is 4.39 Å². The highest BCUT2D eigenvalue weighted by molar-refractivity contribution is 9.10. The maximum Gasteiger partial charge on any atom is 0.127 e. The van der Waals surface area contributed by atoms with Crippen molar-refractivity contribution in [2.75, 3.05) is 0 Å². The van der Waals surface area contributed by atoms with Gasteiger partial charge in [-0.2, -0.15) is 0 Å². The fraction of sp³-hybridized carbons (Fsp3) is 0.538. The largest absolute Gasteiger partial charge is 0.327 e. The van der Waals surface area contributed by atoms with Gasteiger partial charge in [-0.1, -0.05) is 34.8 Å². The second kappa shape index (κ2) is 5.28. The van der Waals surface area contributed by atoms with E-state index in [0.29, 0.717) is 5.92 Å². The number of benzene rings is 1. The SMILES string of the molecule is NC1CCCCC1Cc1ccc(Br)cc1F. The summed E-state index contributed by atoms with van der Waals surface area (Å²) in [6.07, 6.45) is 5.46. The summed E-state index contributed by atoms with van der Waals surface area (Å²) in [6.45, 7) is 0. The molecule has 3 heteroatoms. The smallest absolute Gasteiger partial charge is 0.127 e. The van der Waals surface area contributed by atoms with Crippen LogP contribution in [0.2, 0.25) is 0 Å². The van der Waals surface area contributed by atoms with E-state index >= 15 is 0 Å². The third-order valence-corrected chi connectivity index (χ3v) is 3.96. The molecule has 0 heterocycles. The lowest BCUT2D eigenvalue weighted by Gasteiger charge is -2.28. The molecule has 0 radical (unpaired) electrons. The van der Waals surface area contributed by atoms with Gasteiger partial charge in [-0.3, -0.25) is 0 Å². The zero-order valence-electron chi connectivity index (χ0n) is 9.26. The van der Waals surface area contributed by atoms with E-state index in [1.807, 2.05) is 12.1 Å². The first-order valence-corrected chi connectivity index (χ1v) is 6.65. The van der Waals surface area contributed by atoms with Crippen molar-refractivity contribution in [1.82, 2.24) is 0 Å². The molecule has 16 heavy (non-hydrogen) atoms. The molecule has 1 saturated carbocycles. The van der Waals surface area contributed by atoms with Crippen molar-refractivity contribution in [1.29, 1.82) is 0 Å². The Balaban J connectivity index is 2.07. The maximum atomic E-state index is 13.7. The summed E-state index contributed by atoms with van der Waals surface area (Å²) >= 11 is 3.27. The lowest BCUT2D eigenvalue weighted by molar-refractivity contribution is 0.304. The second-order valence-corrected chi connectivity index (χ2v) is 5.56. The molecule has 0 amide bonds. The predicted molar refractivity (Wildman–Crippen MR) is 67.7 cm³/mol. The number of hydrogen-bond acceptors (Lipinski definition) is 1. The molecular weight excluding hydrogens is 269 g/mol. The van der Waals surface area contributed by atoms with Gasteiger partial charge in [0.15, 0.2) is 0 Å². The molecule has 1 aliphatic rings. The van der Waals surface area contributed by atoms with Crippen molar-refractivity contribution in [3.8, 4) is 0 Å². The molecule has 0 bridgehead atoms. The van der Waals surface area contributed by atoms with Crippen molar-refractivity contribution in [3.05, 3.63) is 34.1 Å². The maximum absolute atomic E-state index is 13.7. The van der Waals surface area contributed by atoms with Crippen LogP contribution in [-0.2, 0) is 6.42 Å². The van der Waals surface area contributed by atoms with Crippen LogP contribution < -0.4 is 5.73 Å². The van der Waals surface area contributed by atoms with Gasteiger partial charge >= 0.3 is 0 Å². The van der Waals surface area contributed by atoms with Crippen molar-refractivity contribution in [2.45, 2.75) is 38.1 Å². The molecule has 2 rings (SSSR count). The Morgan fingerprint density at radius 2 is 2.06 bits per heavy atom. The quantitative estimate of drug-likeness (QED) is 0.882. The Bertz CT molecular complexity index is 367. The second-order valence-electron chi connectivity index (χ2n) is 4.65. The summed E-state index contributed by atoms with van der Waals surface area (Å²) in [5.74, 6) is 0.330. The van der Waals surface area contributed by atoms with E-state index in [1.54, 1.807) is 0 Å². The predicted octanol–water partition coefficient (Wildman–Crippen LogP) is 3.65. The van der Waals surface area contributed by atoms with Gasteiger partial charge in [-0.05, 0) is 42.9 Å². The zero-order valence-corrected chi connectivity index (χ0v) is 10.8. The topological polar surface area (TPSA) is 26.0 Å². The van der Waals surface area contributed by atoms with Gasteiger partial charge in [0.25, 0.3) is 0 Å². The highest BCUT2D eigenvalue weighted by Gasteiger charge is 2.22. The Labute approximate surface area is 104 Å². The fourth-order valence-electron chi connectivity index (χ4n) is 2.46. The molecule has 1 aliphatic carbocycles. The zero-order chi connectivity index (χ0) is 11.5. The molecule has 0 spiro atoms. The normalized spacial score (nSPS) is 25.7. The molecule has 2 N–H and O–H groups in total. The fourth-order valence-corrected chi connectivity index (χ4v) is 2.79. The molecule has 0 aromatic heterocycles. The Hall–Kier alpha value is -0.410. The first-order chi connectivity index (χ1) is 7.66. The van der Waals surface area contributed by atoms with Gasteiger partial charge in [-0.15, -0.1) is 0 Å². The summed E-state index contributed by atoms with van der Waals surface area (Å²) in [4.78, 5) is 0. The van der Waals surface area contributed by atoms with Crippen LogP contribution in [0.15, 0.2) is 22.7 Å². The van der Waals surface area contributed by atoms with Gasteiger partial charge in [0.2, 0.25) is 0 Å². The molecule has 2 unspecified atom stereocenters. The first kappa shape index (κ1) is 12.1. The van der Waals surface area contributed by atoms with E-state index in [-0.39, 0.29) is 11.9 Å². The standard InChI is InChI=1S/C13H17BrFN/c14-11-6-5-9(12(15)8-11)7-10-3-1-2-4-13(10)16/h5-6,8,10,13H,1-4,7,16H2. The summed E-state index contributed by atoms with van der Waals surface area (Å²) < 4.78 is 14.5. The third kappa shape index (κ3) is 2.83. The van der Waals surface area contributed by atoms with Gasteiger partial charge in [0.05, 0.1) is 0 Å². The molecule has 1 aromatic carbocycles. The average Bonchev–Trinajstić information content (AvgIpc) is 2.25. The van der Waals surface area contributed by atoms with Crippen LogP contribution in [0.5, 0.6) is 0 Å². The molecule has 88 valence electrons. The highest BCUT2D eigenvalue weighted by atomic mass is 79.9. The van der Waals surface area contributed by atoms with Crippen LogP contribution in [-0.4, -0.2) is 6.04 Å². The number of rotatable bonds is 2. The van der Waals surface area contributed by atoms with Crippen LogP contribution in [0.1, 0.15) is 31.2 Å². The minimum absolute atomic E-state index is 0.118. The van der Waals surface area contributed by atoms with E-state index in [0.717, 1.165) is 29.3 Å². The number of hydrogen-bond donors (Lipinski definition) is 1. The summed E-state index contributed by atoms with van der Waals surface area (Å²) in [6, 6.07) is 5.54. The summed E-state index contributed by atoms with van der Waals surface area (Å²) in [5.41, 5.74) is 6.87. The molecule has 0 aliphatic heterocycles. The molecule has 1 aromatic rings. The minimum atomic E-state index is -0.118. The number of nitrogens with two attached hydrogens (primary N) is 1. The summed E-state index contributed by atoms with van der Waals surface area (Å²) in [5, 5.41) is 0. The van der Waals surface area contributed by atoms with Crippen molar-refractivity contribution in [2.24, 2.45) is 11.7 Å². The number of halogens is 2.